The quantitative estimate of drug-likeness (QED) is 0.846. The second-order valence-electron chi connectivity index (χ2n) is 4.48. The fraction of sp³-hybridized carbons (Fsp3) is 0.500. The summed E-state index contributed by atoms with van der Waals surface area (Å²) in [5, 5.41) is -0.512. The topological polar surface area (TPSA) is 72.6 Å². The van der Waals surface area contributed by atoms with E-state index in [4.69, 9.17) is 10.5 Å². The molecule has 0 aromatic heterocycles. The van der Waals surface area contributed by atoms with Gasteiger partial charge in [0.05, 0.1) is 18.5 Å². The van der Waals surface area contributed by atoms with Crippen molar-refractivity contribution in [3.8, 4) is 5.75 Å². The first kappa shape index (κ1) is 14.3. The van der Waals surface area contributed by atoms with Gasteiger partial charge in [-0.15, -0.1) is 0 Å². The number of methoxy groups -OCH3 is 1. The van der Waals surface area contributed by atoms with Crippen LogP contribution in [0.25, 0.3) is 0 Å². The van der Waals surface area contributed by atoms with Crippen LogP contribution >= 0.6 is 11.8 Å². The Labute approximate surface area is 118 Å². The minimum Gasteiger partial charge on any atom is -0.497 e. The average Bonchev–Trinajstić information content (AvgIpc) is 2.37. The van der Waals surface area contributed by atoms with Crippen molar-refractivity contribution in [3.63, 3.8) is 0 Å². The first-order valence-corrected chi connectivity index (χ1v) is 9.01. The highest BCUT2D eigenvalue weighted by Crippen LogP contribution is 2.33. The Bertz CT molecular complexity index is 560. The molecule has 2 N–H and O–H groups in total. The molecule has 1 aromatic rings. The summed E-state index contributed by atoms with van der Waals surface area (Å²) < 4.78 is 28.9. The molecule has 2 rings (SSSR count). The molecule has 7 heteroatoms. The van der Waals surface area contributed by atoms with Crippen molar-refractivity contribution in [2.75, 3.05) is 42.0 Å². The number of sulfone groups is 1. The molecule has 1 aliphatic rings. The number of thioether (sulfide) groups is 1. The Morgan fingerprint density at radius 2 is 2.21 bits per heavy atom. The molecule has 19 heavy (non-hydrogen) atoms. The van der Waals surface area contributed by atoms with E-state index in [-0.39, 0.29) is 0 Å². The van der Waals surface area contributed by atoms with Crippen LogP contribution in [0.1, 0.15) is 0 Å². The monoisotopic (exact) mass is 302 g/mol. The number of anilines is 2. The molecule has 0 spiro atoms. The Kier molecular flexibility index (Phi) is 4.15. The normalized spacial score (nSPS) is 20.3. The third-order valence-corrected chi connectivity index (χ3v) is 5.77. The van der Waals surface area contributed by atoms with Crippen LogP contribution in [0, 0.1) is 0 Å². The molecule has 0 aliphatic carbocycles. The van der Waals surface area contributed by atoms with Gasteiger partial charge in [0, 0.05) is 30.4 Å². The van der Waals surface area contributed by atoms with Crippen molar-refractivity contribution in [3.05, 3.63) is 18.2 Å². The second-order valence-corrected chi connectivity index (χ2v) is 7.83. The van der Waals surface area contributed by atoms with Gasteiger partial charge in [-0.1, -0.05) is 0 Å². The number of rotatable bonds is 3. The van der Waals surface area contributed by atoms with Crippen molar-refractivity contribution in [2.24, 2.45) is 0 Å². The van der Waals surface area contributed by atoms with E-state index in [0.717, 1.165) is 11.4 Å². The highest BCUT2D eigenvalue weighted by Gasteiger charge is 2.32. The largest absolute Gasteiger partial charge is 0.497 e. The number of hydrogen-bond acceptors (Lipinski definition) is 6. The number of nitrogen functional groups attached to an aromatic ring is 1. The van der Waals surface area contributed by atoms with Gasteiger partial charge in [-0.2, -0.15) is 11.8 Å². The summed E-state index contributed by atoms with van der Waals surface area (Å²) in [6.07, 6.45) is 1.27. The third kappa shape index (κ3) is 3.09. The van der Waals surface area contributed by atoms with Gasteiger partial charge < -0.3 is 15.4 Å². The molecule has 1 atom stereocenters. The first-order chi connectivity index (χ1) is 8.93. The average molecular weight is 302 g/mol. The molecule has 1 fully saturated rings. The maximum absolute atomic E-state index is 11.9. The zero-order valence-electron chi connectivity index (χ0n) is 11.0. The predicted molar refractivity (Wildman–Crippen MR) is 80.7 cm³/mol. The van der Waals surface area contributed by atoms with Crippen molar-refractivity contribution in [1.29, 1.82) is 0 Å². The van der Waals surface area contributed by atoms with Crippen molar-refractivity contribution >= 4 is 33.0 Å². The maximum Gasteiger partial charge on any atom is 0.169 e. The SMILES string of the molecule is COc1ccc(N2CCSCC2S(C)(=O)=O)c(N)c1. The molecule has 1 unspecified atom stereocenters. The molecule has 106 valence electrons. The Morgan fingerprint density at radius 1 is 1.47 bits per heavy atom. The van der Waals surface area contributed by atoms with Crippen LogP contribution in [-0.2, 0) is 9.84 Å². The molecule has 5 nitrogen and oxygen atoms in total. The van der Waals surface area contributed by atoms with E-state index in [0.29, 0.717) is 23.7 Å². The fourth-order valence-electron chi connectivity index (χ4n) is 2.13. The summed E-state index contributed by atoms with van der Waals surface area (Å²) in [7, 11) is -1.56. The number of ether oxygens (including phenoxy) is 1. The molecule has 1 aromatic carbocycles. The highest BCUT2D eigenvalue weighted by atomic mass is 32.2. The smallest absolute Gasteiger partial charge is 0.169 e. The van der Waals surface area contributed by atoms with Crippen LogP contribution in [0.3, 0.4) is 0 Å². The standard InChI is InChI=1S/C12H18N2O3S2/c1-17-9-3-4-11(10(13)7-9)14-5-6-18-8-12(14)19(2,15)16/h3-4,7,12H,5-6,8,13H2,1-2H3. The summed E-state index contributed by atoms with van der Waals surface area (Å²) in [5.74, 6) is 2.14. The van der Waals surface area contributed by atoms with Crippen molar-refractivity contribution < 1.29 is 13.2 Å². The molecular weight excluding hydrogens is 284 g/mol. The summed E-state index contributed by atoms with van der Waals surface area (Å²) in [4.78, 5) is 1.88. The van der Waals surface area contributed by atoms with Gasteiger partial charge in [-0.3, -0.25) is 0 Å². The van der Waals surface area contributed by atoms with E-state index in [1.165, 1.54) is 6.26 Å². The number of benzene rings is 1. The molecule has 1 heterocycles. The molecule has 0 saturated carbocycles. The molecule has 0 bridgehead atoms. The predicted octanol–water partition coefficient (Wildman–Crippen LogP) is 1.20. The molecule has 1 saturated heterocycles. The van der Waals surface area contributed by atoms with Crippen LogP contribution in [-0.4, -0.2) is 45.2 Å². The van der Waals surface area contributed by atoms with E-state index in [1.54, 1.807) is 31.0 Å². The number of hydrogen-bond donors (Lipinski definition) is 1. The molecule has 0 amide bonds. The zero-order chi connectivity index (χ0) is 14.0. The lowest BCUT2D eigenvalue weighted by Crippen LogP contribution is -2.47. The lowest BCUT2D eigenvalue weighted by atomic mass is 10.2. The summed E-state index contributed by atoms with van der Waals surface area (Å²) >= 11 is 1.66. The van der Waals surface area contributed by atoms with Gasteiger partial charge in [-0.25, -0.2) is 8.42 Å². The van der Waals surface area contributed by atoms with Crippen LogP contribution in [0.5, 0.6) is 5.75 Å². The highest BCUT2D eigenvalue weighted by molar-refractivity contribution is 8.01. The first-order valence-electron chi connectivity index (χ1n) is 5.90. The minimum atomic E-state index is -3.14. The number of nitrogens with two attached hydrogens (primary N) is 1. The lowest BCUT2D eigenvalue weighted by molar-refractivity contribution is 0.415. The van der Waals surface area contributed by atoms with E-state index >= 15 is 0 Å². The number of nitrogens with zero attached hydrogens (tertiary/aromatic N) is 1. The summed E-state index contributed by atoms with van der Waals surface area (Å²) in [5.41, 5.74) is 7.31. The van der Waals surface area contributed by atoms with Crippen LogP contribution < -0.4 is 15.4 Å². The van der Waals surface area contributed by atoms with Crippen LogP contribution in [0.2, 0.25) is 0 Å². The Balaban J connectivity index is 2.38. The molecular formula is C12H18N2O3S2. The summed E-state index contributed by atoms with van der Waals surface area (Å²) in [6, 6.07) is 5.34. The van der Waals surface area contributed by atoms with Gasteiger partial charge >= 0.3 is 0 Å². The molecule has 1 aliphatic heterocycles. The second kappa shape index (κ2) is 5.50. The van der Waals surface area contributed by atoms with Crippen molar-refractivity contribution in [2.45, 2.75) is 5.37 Å². The fourth-order valence-corrected chi connectivity index (χ4v) is 4.97. The van der Waals surface area contributed by atoms with Gasteiger partial charge in [-0.05, 0) is 12.1 Å². The van der Waals surface area contributed by atoms with Crippen molar-refractivity contribution in [1.82, 2.24) is 0 Å². The van der Waals surface area contributed by atoms with Gasteiger partial charge in [0.15, 0.2) is 9.84 Å². The summed E-state index contributed by atoms with van der Waals surface area (Å²) in [6.45, 7) is 0.679. The Morgan fingerprint density at radius 3 is 2.79 bits per heavy atom. The van der Waals surface area contributed by atoms with Gasteiger partial charge in [0.25, 0.3) is 0 Å². The van der Waals surface area contributed by atoms with Gasteiger partial charge in [0.1, 0.15) is 11.1 Å². The molecule has 0 radical (unpaired) electrons. The lowest BCUT2D eigenvalue weighted by Gasteiger charge is -2.36. The van der Waals surface area contributed by atoms with E-state index in [1.807, 2.05) is 11.0 Å². The minimum absolute atomic E-state index is 0.512. The maximum atomic E-state index is 11.9. The van der Waals surface area contributed by atoms with E-state index in [2.05, 4.69) is 0 Å². The van der Waals surface area contributed by atoms with Crippen LogP contribution in [0.15, 0.2) is 18.2 Å². The van der Waals surface area contributed by atoms with Crippen LogP contribution in [0.4, 0.5) is 11.4 Å². The Hall–Kier alpha value is -1.08. The third-order valence-electron chi connectivity index (χ3n) is 3.12. The zero-order valence-corrected chi connectivity index (χ0v) is 12.6. The van der Waals surface area contributed by atoms with E-state index in [9.17, 15) is 8.42 Å². The van der Waals surface area contributed by atoms with Gasteiger partial charge in [0.2, 0.25) is 0 Å². The van der Waals surface area contributed by atoms with E-state index < -0.39 is 15.2 Å².